The Bertz CT molecular complexity index is 1320. The number of nitrogens with one attached hydrogen (secondary N) is 2. The molecule has 8 nitrogen and oxygen atoms in total. The molecule has 4 rings (SSSR count). The second-order valence-electron chi connectivity index (χ2n) is 8.70. The molecule has 0 aliphatic heterocycles. The van der Waals surface area contributed by atoms with Gasteiger partial charge < -0.3 is 20.1 Å². The topological polar surface area (TPSA) is 92.8 Å². The van der Waals surface area contributed by atoms with Crippen LogP contribution >= 0.6 is 27.3 Å². The van der Waals surface area contributed by atoms with Crippen LogP contribution in [0.5, 0.6) is 11.5 Å². The lowest BCUT2D eigenvalue weighted by Crippen LogP contribution is -2.44. The van der Waals surface area contributed by atoms with Gasteiger partial charge in [-0.25, -0.2) is 22.1 Å². The van der Waals surface area contributed by atoms with E-state index in [-0.39, 0.29) is 23.8 Å². The van der Waals surface area contributed by atoms with Gasteiger partial charge in [-0.3, -0.25) is 0 Å². The van der Waals surface area contributed by atoms with E-state index < -0.39 is 20.7 Å². The highest BCUT2D eigenvalue weighted by Crippen LogP contribution is 2.36. The van der Waals surface area contributed by atoms with Crippen LogP contribution in [0.1, 0.15) is 31.2 Å². The van der Waals surface area contributed by atoms with Gasteiger partial charge in [0.2, 0.25) is 0 Å². The average Bonchev–Trinajstić information content (AvgIpc) is 3.43. The summed E-state index contributed by atoms with van der Waals surface area (Å²) in [5.74, 6) is 0.176. The largest absolute Gasteiger partial charge is 0.497 e. The predicted molar refractivity (Wildman–Crippen MR) is 148 cm³/mol. The number of halogens is 2. The second kappa shape index (κ2) is 12.0. The van der Waals surface area contributed by atoms with Crippen molar-refractivity contribution in [1.29, 1.82) is 0 Å². The van der Waals surface area contributed by atoms with Gasteiger partial charge >= 0.3 is 0 Å². The maximum atomic E-state index is 15.5. The zero-order valence-corrected chi connectivity index (χ0v) is 24.1. The van der Waals surface area contributed by atoms with Gasteiger partial charge in [0.05, 0.1) is 26.5 Å². The van der Waals surface area contributed by atoms with E-state index in [9.17, 15) is 8.42 Å². The molecular formula is C25H30BrFN4O4S2. The maximum Gasteiger partial charge on any atom is 0.269 e. The Hall–Kier alpha value is -2.41. The van der Waals surface area contributed by atoms with Crippen LogP contribution in [0.3, 0.4) is 0 Å². The zero-order chi connectivity index (χ0) is 26.6. The number of benzene rings is 2. The van der Waals surface area contributed by atoms with Crippen molar-refractivity contribution in [2.24, 2.45) is 0 Å². The number of hydrogen-bond acceptors (Lipinski definition) is 8. The molecule has 0 amide bonds. The number of sulfonamides is 1. The van der Waals surface area contributed by atoms with Gasteiger partial charge in [-0.15, -0.1) is 11.3 Å². The van der Waals surface area contributed by atoms with Gasteiger partial charge in [0.25, 0.3) is 10.0 Å². The fourth-order valence-corrected chi connectivity index (χ4v) is 7.49. The first-order valence-corrected chi connectivity index (χ1v) is 15.0. The van der Waals surface area contributed by atoms with Gasteiger partial charge in [-0.05, 0) is 60.1 Å². The van der Waals surface area contributed by atoms with Crippen molar-refractivity contribution in [3.63, 3.8) is 0 Å². The Labute approximate surface area is 229 Å². The Balaban J connectivity index is 1.69. The summed E-state index contributed by atoms with van der Waals surface area (Å²) in [4.78, 5) is 3.76. The van der Waals surface area contributed by atoms with Gasteiger partial charge in [0, 0.05) is 39.8 Å². The number of anilines is 2. The molecule has 2 atom stereocenters. The van der Waals surface area contributed by atoms with Crippen LogP contribution in [0.25, 0.3) is 0 Å². The predicted octanol–water partition coefficient (Wildman–Crippen LogP) is 5.40. The summed E-state index contributed by atoms with van der Waals surface area (Å²) in [5.41, 5.74) is 1.09. The summed E-state index contributed by atoms with van der Waals surface area (Å²) in [5, 5.41) is 8.60. The molecule has 200 valence electrons. The summed E-state index contributed by atoms with van der Waals surface area (Å²) in [6, 6.07) is 8.03. The lowest BCUT2D eigenvalue weighted by Gasteiger charge is -2.33. The summed E-state index contributed by atoms with van der Waals surface area (Å²) in [6.07, 6.45) is 5.71. The van der Waals surface area contributed by atoms with Gasteiger partial charge in [-0.2, -0.15) is 0 Å². The van der Waals surface area contributed by atoms with Crippen LogP contribution in [-0.2, 0) is 16.6 Å². The molecule has 1 heterocycles. The molecule has 12 heteroatoms. The molecule has 0 radical (unpaired) electrons. The van der Waals surface area contributed by atoms with E-state index in [4.69, 9.17) is 9.47 Å². The number of nitrogens with zero attached hydrogens (tertiary/aromatic N) is 2. The Morgan fingerprint density at radius 1 is 1.16 bits per heavy atom. The van der Waals surface area contributed by atoms with E-state index in [0.29, 0.717) is 27.2 Å². The van der Waals surface area contributed by atoms with E-state index in [1.807, 2.05) is 7.05 Å². The SMILES string of the molecule is CN[C@H]1CCCC[C@@H]1Nc1cc(F)c(S(=O)(=O)N(Cc2ccc(OC)cc2OC)c2nccs2)cc1Br. The lowest BCUT2D eigenvalue weighted by molar-refractivity contribution is 0.361. The highest BCUT2D eigenvalue weighted by atomic mass is 79.9. The van der Waals surface area contributed by atoms with Crippen LogP contribution in [0, 0.1) is 5.82 Å². The molecular weight excluding hydrogens is 583 g/mol. The number of rotatable bonds is 10. The van der Waals surface area contributed by atoms with Gasteiger partial charge in [0.1, 0.15) is 22.2 Å². The lowest BCUT2D eigenvalue weighted by atomic mass is 9.90. The quantitative estimate of drug-likeness (QED) is 0.317. The number of likely N-dealkylation sites (N-methyl/N-ethyl adjacent to an activating group) is 1. The smallest absolute Gasteiger partial charge is 0.269 e. The summed E-state index contributed by atoms with van der Waals surface area (Å²) in [7, 11) is 0.614. The van der Waals surface area contributed by atoms with Crippen molar-refractivity contribution in [2.45, 2.75) is 49.2 Å². The first-order valence-electron chi connectivity index (χ1n) is 11.8. The number of aromatic nitrogens is 1. The van der Waals surface area contributed by atoms with Crippen LogP contribution in [-0.4, -0.2) is 46.8 Å². The molecule has 1 saturated carbocycles. The van der Waals surface area contributed by atoms with Crippen molar-refractivity contribution in [2.75, 3.05) is 30.9 Å². The van der Waals surface area contributed by atoms with Crippen molar-refractivity contribution < 1.29 is 22.3 Å². The summed E-state index contributed by atoms with van der Waals surface area (Å²) >= 11 is 4.62. The summed E-state index contributed by atoms with van der Waals surface area (Å²) < 4.78 is 55.5. The Morgan fingerprint density at radius 3 is 2.57 bits per heavy atom. The van der Waals surface area contributed by atoms with Gasteiger partial charge in [-0.1, -0.05) is 12.8 Å². The minimum absolute atomic E-state index is 0.105. The van der Waals surface area contributed by atoms with Gasteiger partial charge in [0.15, 0.2) is 5.13 Å². The zero-order valence-electron chi connectivity index (χ0n) is 20.8. The van der Waals surface area contributed by atoms with Crippen LogP contribution in [0.4, 0.5) is 15.2 Å². The minimum Gasteiger partial charge on any atom is -0.497 e. The van der Waals surface area contributed by atoms with Crippen molar-refractivity contribution in [3.05, 3.63) is 57.8 Å². The first kappa shape index (κ1) is 27.6. The van der Waals surface area contributed by atoms with E-state index in [0.717, 1.165) is 41.3 Å². The Morgan fingerprint density at radius 2 is 1.92 bits per heavy atom. The van der Waals surface area contributed by atoms with Crippen molar-refractivity contribution in [3.8, 4) is 11.5 Å². The fourth-order valence-electron chi connectivity index (χ4n) is 4.54. The van der Waals surface area contributed by atoms with E-state index in [1.54, 1.807) is 23.6 Å². The minimum atomic E-state index is -4.33. The number of thiazole rings is 1. The third-order valence-electron chi connectivity index (χ3n) is 6.51. The standard InChI is InChI=1S/C25H30BrFN4O4S2/c1-28-20-6-4-5-7-21(20)30-22-14-19(27)24(13-18(22)26)37(32,33)31(25-29-10-11-36-25)15-16-8-9-17(34-2)12-23(16)35-3/h8-14,20-21,28,30H,4-7,15H2,1-3H3/t20-,21-/m0/s1. The van der Waals surface area contributed by atoms with E-state index in [2.05, 4.69) is 31.5 Å². The average molecular weight is 614 g/mol. The molecule has 2 N–H and O–H groups in total. The first-order chi connectivity index (χ1) is 17.8. The number of hydrogen-bond donors (Lipinski definition) is 2. The molecule has 0 saturated heterocycles. The van der Waals surface area contributed by atoms with Crippen LogP contribution in [0.2, 0.25) is 0 Å². The monoisotopic (exact) mass is 612 g/mol. The van der Waals surface area contributed by atoms with E-state index >= 15 is 4.39 Å². The van der Waals surface area contributed by atoms with Crippen LogP contribution < -0.4 is 24.4 Å². The molecule has 1 aromatic heterocycles. The second-order valence-corrected chi connectivity index (χ2v) is 12.3. The highest BCUT2D eigenvalue weighted by Gasteiger charge is 2.32. The number of methoxy groups -OCH3 is 2. The molecule has 0 spiro atoms. The number of ether oxygens (including phenoxy) is 2. The normalized spacial score (nSPS) is 17.9. The third kappa shape index (κ3) is 6.02. The fraction of sp³-hybridized carbons (Fsp3) is 0.400. The van der Waals surface area contributed by atoms with E-state index in [1.165, 1.54) is 32.5 Å². The summed E-state index contributed by atoms with van der Waals surface area (Å²) in [6.45, 7) is -0.105. The molecule has 0 unspecified atom stereocenters. The Kier molecular flexibility index (Phi) is 8.94. The molecule has 1 aliphatic carbocycles. The van der Waals surface area contributed by atoms with Crippen molar-refractivity contribution >= 4 is 48.1 Å². The molecule has 3 aromatic rings. The van der Waals surface area contributed by atoms with Crippen LogP contribution in [0.15, 0.2) is 51.3 Å². The van der Waals surface area contributed by atoms with Crippen molar-refractivity contribution in [1.82, 2.24) is 10.3 Å². The molecule has 1 aliphatic rings. The molecule has 1 fully saturated rings. The maximum absolute atomic E-state index is 15.5. The molecule has 2 aromatic carbocycles. The highest BCUT2D eigenvalue weighted by molar-refractivity contribution is 9.10. The molecule has 37 heavy (non-hydrogen) atoms. The molecule has 0 bridgehead atoms. The third-order valence-corrected chi connectivity index (χ3v) is 9.83.